The van der Waals surface area contributed by atoms with E-state index in [1.54, 1.807) is 10.9 Å². The zero-order valence-corrected chi connectivity index (χ0v) is 15.7. The van der Waals surface area contributed by atoms with Gasteiger partial charge in [0.2, 0.25) is 5.95 Å². The number of nitrogens with one attached hydrogen (secondary N) is 1. The summed E-state index contributed by atoms with van der Waals surface area (Å²) in [7, 11) is 1.45. The number of rotatable bonds is 2. The molecule has 140 valence electrons. The molecule has 0 spiro atoms. The number of H-pyrrole nitrogens is 1. The van der Waals surface area contributed by atoms with Crippen molar-refractivity contribution in [2.75, 3.05) is 25.1 Å². The van der Waals surface area contributed by atoms with E-state index in [4.69, 9.17) is 9.72 Å². The lowest BCUT2D eigenvalue weighted by molar-refractivity contribution is -0.152. The van der Waals surface area contributed by atoms with Gasteiger partial charge in [-0.1, -0.05) is 6.42 Å². The highest BCUT2D eigenvalue weighted by Gasteiger charge is 2.56. The molecular weight excluding hydrogens is 334 g/mol. The van der Waals surface area contributed by atoms with Gasteiger partial charge in [0, 0.05) is 13.1 Å². The summed E-state index contributed by atoms with van der Waals surface area (Å²) in [6.45, 7) is 7.30. The third-order valence-corrected chi connectivity index (χ3v) is 5.82. The van der Waals surface area contributed by atoms with E-state index in [0.717, 1.165) is 19.3 Å². The fraction of sp³-hybridized carbons (Fsp3) is 0.667. The summed E-state index contributed by atoms with van der Waals surface area (Å²) >= 11 is 0. The minimum atomic E-state index is -0.480. The number of carbonyl (C=O) groups excluding carboxylic acids is 1. The molecule has 2 aromatic rings. The summed E-state index contributed by atoms with van der Waals surface area (Å²) in [5.41, 5.74) is -0.397. The first kappa shape index (κ1) is 17.1. The van der Waals surface area contributed by atoms with Crippen LogP contribution >= 0.6 is 0 Å². The highest BCUT2D eigenvalue weighted by Crippen LogP contribution is 2.50. The second-order valence-corrected chi connectivity index (χ2v) is 8.47. The summed E-state index contributed by atoms with van der Waals surface area (Å²) in [4.78, 5) is 34.6. The Morgan fingerprint density at radius 1 is 1.42 bits per heavy atom. The molecule has 1 N–H and O–H groups in total. The standard InChI is InChI=1S/C18H25N5O3/c1-17(2,3)23-13-12(8-19-23)14(24)21-16(20-13)22-9-11-6-5-7-18(11,10-22)15(25)26-4/h8,11H,5-7,9-10H2,1-4H3,(H,20,21,24). The van der Waals surface area contributed by atoms with Crippen molar-refractivity contribution < 1.29 is 9.53 Å². The second kappa shape index (κ2) is 5.56. The van der Waals surface area contributed by atoms with Crippen molar-refractivity contribution in [3.05, 3.63) is 16.6 Å². The molecule has 8 heteroatoms. The minimum Gasteiger partial charge on any atom is -0.469 e. The number of fused-ring (bicyclic) bond motifs is 2. The number of nitrogens with zero attached hydrogens (tertiary/aromatic N) is 4. The number of hydrogen-bond donors (Lipinski definition) is 1. The molecule has 1 aliphatic heterocycles. The molecule has 1 saturated carbocycles. The molecule has 0 amide bonds. The van der Waals surface area contributed by atoms with Gasteiger partial charge >= 0.3 is 5.97 Å². The lowest BCUT2D eigenvalue weighted by Crippen LogP contribution is -2.37. The monoisotopic (exact) mass is 359 g/mol. The molecule has 4 rings (SSSR count). The van der Waals surface area contributed by atoms with Gasteiger partial charge in [0.05, 0.1) is 24.3 Å². The number of aromatic amines is 1. The smallest absolute Gasteiger partial charge is 0.313 e. The normalized spacial score (nSPS) is 25.7. The number of esters is 1. The minimum absolute atomic E-state index is 0.148. The molecule has 26 heavy (non-hydrogen) atoms. The maximum absolute atomic E-state index is 12.5. The number of hydrogen-bond acceptors (Lipinski definition) is 6. The molecule has 1 aliphatic carbocycles. The van der Waals surface area contributed by atoms with Gasteiger partial charge in [0.1, 0.15) is 5.39 Å². The number of aromatic nitrogens is 4. The van der Waals surface area contributed by atoms with Crippen LogP contribution in [0.3, 0.4) is 0 Å². The van der Waals surface area contributed by atoms with Crippen LogP contribution < -0.4 is 10.5 Å². The van der Waals surface area contributed by atoms with E-state index >= 15 is 0 Å². The average molecular weight is 359 g/mol. The Balaban J connectivity index is 1.76. The van der Waals surface area contributed by atoms with Crippen LogP contribution in [0.5, 0.6) is 0 Å². The summed E-state index contributed by atoms with van der Waals surface area (Å²) in [5.74, 6) is 0.598. The van der Waals surface area contributed by atoms with Crippen LogP contribution in [-0.2, 0) is 15.1 Å². The number of anilines is 1. The maximum Gasteiger partial charge on any atom is 0.313 e. The van der Waals surface area contributed by atoms with Gasteiger partial charge in [-0.25, -0.2) is 4.68 Å². The predicted molar refractivity (Wildman–Crippen MR) is 97.1 cm³/mol. The van der Waals surface area contributed by atoms with Crippen molar-refractivity contribution >= 4 is 23.0 Å². The van der Waals surface area contributed by atoms with Crippen molar-refractivity contribution in [1.29, 1.82) is 0 Å². The zero-order chi connectivity index (χ0) is 18.7. The predicted octanol–water partition coefficient (Wildman–Crippen LogP) is 1.65. The van der Waals surface area contributed by atoms with Crippen molar-refractivity contribution in [3.8, 4) is 0 Å². The van der Waals surface area contributed by atoms with Gasteiger partial charge in [0.25, 0.3) is 5.56 Å². The van der Waals surface area contributed by atoms with E-state index in [1.807, 2.05) is 25.7 Å². The molecule has 0 bridgehead atoms. The van der Waals surface area contributed by atoms with Crippen LogP contribution in [0.2, 0.25) is 0 Å². The first-order valence-electron chi connectivity index (χ1n) is 9.08. The van der Waals surface area contributed by atoms with E-state index in [1.165, 1.54) is 7.11 Å². The lowest BCUT2D eigenvalue weighted by Gasteiger charge is -2.25. The molecule has 2 atom stereocenters. The third-order valence-electron chi connectivity index (χ3n) is 5.82. The van der Waals surface area contributed by atoms with Crippen molar-refractivity contribution in [1.82, 2.24) is 19.7 Å². The molecule has 2 aliphatic rings. The van der Waals surface area contributed by atoms with Gasteiger partial charge in [-0.05, 0) is 39.5 Å². The Labute approximate surface area is 151 Å². The summed E-state index contributed by atoms with van der Waals surface area (Å²) in [6, 6.07) is 0. The first-order valence-corrected chi connectivity index (χ1v) is 9.08. The van der Waals surface area contributed by atoms with Crippen LogP contribution in [-0.4, -0.2) is 45.9 Å². The van der Waals surface area contributed by atoms with E-state index in [9.17, 15) is 9.59 Å². The van der Waals surface area contributed by atoms with Crippen LogP contribution in [0.1, 0.15) is 40.0 Å². The molecule has 0 radical (unpaired) electrons. The van der Waals surface area contributed by atoms with Gasteiger partial charge in [-0.15, -0.1) is 0 Å². The molecule has 3 heterocycles. The Kier molecular flexibility index (Phi) is 3.65. The SMILES string of the molecule is COC(=O)C12CCCC1CN(c1nc3c(cnn3C(C)(C)C)c(=O)[nH]1)C2. The van der Waals surface area contributed by atoms with Crippen LogP contribution in [0.4, 0.5) is 5.95 Å². The van der Waals surface area contributed by atoms with Gasteiger partial charge < -0.3 is 9.64 Å². The van der Waals surface area contributed by atoms with Crippen molar-refractivity contribution in [2.45, 2.75) is 45.6 Å². The Morgan fingerprint density at radius 2 is 2.19 bits per heavy atom. The molecule has 8 nitrogen and oxygen atoms in total. The van der Waals surface area contributed by atoms with Crippen molar-refractivity contribution in [2.24, 2.45) is 11.3 Å². The fourth-order valence-corrected chi connectivity index (χ4v) is 4.54. The van der Waals surface area contributed by atoms with E-state index in [0.29, 0.717) is 30.1 Å². The largest absolute Gasteiger partial charge is 0.469 e. The fourth-order valence-electron chi connectivity index (χ4n) is 4.54. The number of carbonyl (C=O) groups is 1. The highest BCUT2D eigenvalue weighted by molar-refractivity contribution is 5.80. The molecule has 2 unspecified atom stereocenters. The van der Waals surface area contributed by atoms with E-state index in [2.05, 4.69) is 10.1 Å². The zero-order valence-electron chi connectivity index (χ0n) is 15.7. The molecule has 2 aromatic heterocycles. The quantitative estimate of drug-likeness (QED) is 0.820. The van der Waals surface area contributed by atoms with Gasteiger partial charge in [0.15, 0.2) is 5.65 Å². The Morgan fingerprint density at radius 3 is 2.88 bits per heavy atom. The lowest BCUT2D eigenvalue weighted by atomic mass is 9.81. The number of ether oxygens (including phenoxy) is 1. The summed E-state index contributed by atoms with van der Waals surface area (Å²) in [6.07, 6.45) is 4.42. The average Bonchev–Trinajstić information content (AvgIpc) is 3.24. The number of methoxy groups -OCH3 is 1. The van der Waals surface area contributed by atoms with Gasteiger partial charge in [-0.3, -0.25) is 14.6 Å². The molecule has 1 saturated heterocycles. The van der Waals surface area contributed by atoms with E-state index < -0.39 is 5.41 Å². The third kappa shape index (κ3) is 2.34. The van der Waals surface area contributed by atoms with Crippen LogP contribution in [0.25, 0.3) is 11.0 Å². The molecule has 0 aromatic carbocycles. The topological polar surface area (TPSA) is 93.1 Å². The van der Waals surface area contributed by atoms with Crippen LogP contribution in [0.15, 0.2) is 11.0 Å². The highest BCUT2D eigenvalue weighted by atomic mass is 16.5. The summed E-state index contributed by atoms with van der Waals surface area (Å²) in [5, 5.41) is 4.83. The van der Waals surface area contributed by atoms with Crippen LogP contribution in [0, 0.1) is 11.3 Å². The Hall–Kier alpha value is -2.38. The first-order chi connectivity index (χ1) is 12.3. The molecular formula is C18H25N5O3. The summed E-state index contributed by atoms with van der Waals surface area (Å²) < 4.78 is 6.87. The van der Waals surface area contributed by atoms with E-state index in [-0.39, 0.29) is 23.0 Å². The Bertz CT molecular complexity index is 925. The maximum atomic E-state index is 12.5. The van der Waals surface area contributed by atoms with Crippen molar-refractivity contribution in [3.63, 3.8) is 0 Å². The van der Waals surface area contributed by atoms with Gasteiger partial charge in [-0.2, -0.15) is 10.1 Å². The molecule has 2 fully saturated rings. The second-order valence-electron chi connectivity index (χ2n) is 8.47.